The van der Waals surface area contributed by atoms with Crippen LogP contribution >= 0.6 is 27.5 Å². The first-order chi connectivity index (χ1) is 9.25. The van der Waals surface area contributed by atoms with Gasteiger partial charge in [-0.3, -0.25) is 0 Å². The third-order valence-corrected chi connectivity index (χ3v) is 5.05. The van der Waals surface area contributed by atoms with Crippen molar-refractivity contribution in [3.05, 3.63) is 27.2 Å². The second kappa shape index (κ2) is 6.02. The molecule has 1 aromatic rings. The number of fused-ring (bicyclic) bond motifs is 1. The van der Waals surface area contributed by atoms with E-state index in [1.165, 1.54) is 50.0 Å². The highest BCUT2D eigenvalue weighted by Gasteiger charge is 2.26. The maximum atomic E-state index is 6.18. The molecule has 1 atom stereocenters. The number of aryl methyl sites for hydroxylation is 1. The van der Waals surface area contributed by atoms with Gasteiger partial charge in [-0.1, -0.05) is 11.6 Å². The number of hydrogen-bond acceptors (Lipinski definition) is 2. The van der Waals surface area contributed by atoms with E-state index in [0.29, 0.717) is 6.04 Å². The minimum atomic E-state index is 0.673. The zero-order valence-electron chi connectivity index (χ0n) is 11.1. The van der Waals surface area contributed by atoms with E-state index in [2.05, 4.69) is 32.2 Å². The minimum Gasteiger partial charge on any atom is -0.367 e. The van der Waals surface area contributed by atoms with Crippen molar-refractivity contribution in [2.24, 2.45) is 0 Å². The van der Waals surface area contributed by atoms with Crippen LogP contribution in [0.25, 0.3) is 0 Å². The van der Waals surface area contributed by atoms with Gasteiger partial charge in [-0.05, 0) is 78.8 Å². The molecule has 0 bridgehead atoms. The molecule has 0 saturated carbocycles. The first-order valence-corrected chi connectivity index (χ1v) is 8.38. The lowest BCUT2D eigenvalue weighted by Gasteiger charge is -2.38. The maximum absolute atomic E-state index is 6.18. The van der Waals surface area contributed by atoms with Crippen molar-refractivity contribution in [1.82, 2.24) is 5.32 Å². The van der Waals surface area contributed by atoms with Crippen LogP contribution in [0.1, 0.15) is 31.2 Å². The second-order valence-electron chi connectivity index (χ2n) is 5.53. The quantitative estimate of drug-likeness (QED) is 0.829. The van der Waals surface area contributed by atoms with Crippen LogP contribution in [-0.4, -0.2) is 25.7 Å². The van der Waals surface area contributed by atoms with Gasteiger partial charge in [0.05, 0.1) is 5.69 Å². The van der Waals surface area contributed by atoms with Crippen LogP contribution < -0.4 is 10.2 Å². The Labute approximate surface area is 128 Å². The van der Waals surface area contributed by atoms with Crippen molar-refractivity contribution < 1.29 is 0 Å². The average Bonchev–Trinajstić information content (AvgIpc) is 2.66. The van der Waals surface area contributed by atoms with Gasteiger partial charge >= 0.3 is 0 Å². The number of hydrogen-bond donors (Lipinski definition) is 1. The summed E-state index contributed by atoms with van der Waals surface area (Å²) >= 11 is 9.90. The van der Waals surface area contributed by atoms with Crippen molar-refractivity contribution in [3.8, 4) is 0 Å². The number of benzene rings is 1. The number of rotatable bonds is 1. The van der Waals surface area contributed by atoms with Crippen LogP contribution in [0.5, 0.6) is 0 Å². The summed E-state index contributed by atoms with van der Waals surface area (Å²) in [6, 6.07) is 4.85. The number of nitrogens with one attached hydrogen (secondary N) is 1. The monoisotopic (exact) mass is 342 g/mol. The summed E-state index contributed by atoms with van der Waals surface area (Å²) in [6.45, 7) is 3.48. The maximum Gasteiger partial charge on any atom is 0.0546 e. The molecule has 0 spiro atoms. The van der Waals surface area contributed by atoms with E-state index in [-0.39, 0.29) is 0 Å². The lowest BCUT2D eigenvalue weighted by molar-refractivity contribution is 0.515. The molecular formula is C15H20BrClN2. The number of halogens is 2. The molecule has 4 heteroatoms. The predicted octanol–water partition coefficient (Wildman–Crippen LogP) is 4.00. The van der Waals surface area contributed by atoms with E-state index in [9.17, 15) is 0 Å². The predicted molar refractivity (Wildman–Crippen MR) is 85.3 cm³/mol. The van der Waals surface area contributed by atoms with Crippen molar-refractivity contribution in [1.29, 1.82) is 0 Å². The molecule has 1 unspecified atom stereocenters. The molecule has 0 amide bonds. The third kappa shape index (κ3) is 2.93. The molecule has 0 aliphatic carbocycles. The highest BCUT2D eigenvalue weighted by molar-refractivity contribution is 9.10. The zero-order chi connectivity index (χ0) is 13.2. The summed E-state index contributed by atoms with van der Waals surface area (Å²) in [4.78, 5) is 2.62. The van der Waals surface area contributed by atoms with Crippen molar-refractivity contribution in [3.63, 3.8) is 0 Å². The van der Waals surface area contributed by atoms with Gasteiger partial charge in [-0.25, -0.2) is 0 Å². The van der Waals surface area contributed by atoms with Crippen molar-refractivity contribution >= 4 is 33.2 Å². The summed E-state index contributed by atoms with van der Waals surface area (Å²) in [5.41, 5.74) is 2.80. The highest BCUT2D eigenvalue weighted by Crippen LogP contribution is 2.39. The molecule has 1 fully saturated rings. The molecule has 1 N–H and O–H groups in total. The van der Waals surface area contributed by atoms with E-state index in [1.54, 1.807) is 0 Å². The fourth-order valence-corrected chi connectivity index (χ4v) is 4.46. The molecule has 2 aliphatic rings. The van der Waals surface area contributed by atoms with Gasteiger partial charge in [-0.15, -0.1) is 0 Å². The number of nitrogens with zero attached hydrogens (tertiary/aromatic N) is 1. The van der Waals surface area contributed by atoms with Crippen LogP contribution in [0, 0.1) is 0 Å². The Morgan fingerprint density at radius 2 is 2.11 bits per heavy atom. The summed E-state index contributed by atoms with van der Waals surface area (Å²) in [5.74, 6) is 0. The molecule has 3 rings (SSSR count). The van der Waals surface area contributed by atoms with Crippen molar-refractivity contribution in [2.45, 2.75) is 38.1 Å². The Morgan fingerprint density at radius 1 is 1.21 bits per heavy atom. The Bertz CT molecular complexity index is 456. The first-order valence-electron chi connectivity index (χ1n) is 7.21. The average molecular weight is 344 g/mol. The van der Waals surface area contributed by atoms with Crippen LogP contribution in [0.3, 0.4) is 0 Å². The highest BCUT2D eigenvalue weighted by atomic mass is 79.9. The summed E-state index contributed by atoms with van der Waals surface area (Å²) < 4.78 is 1.16. The van der Waals surface area contributed by atoms with Crippen LogP contribution in [0.15, 0.2) is 16.6 Å². The fraction of sp³-hybridized carbons (Fsp3) is 0.600. The smallest absolute Gasteiger partial charge is 0.0546 e. The molecular weight excluding hydrogens is 324 g/mol. The lowest BCUT2D eigenvalue weighted by Crippen LogP contribution is -2.39. The van der Waals surface area contributed by atoms with Crippen molar-refractivity contribution in [2.75, 3.05) is 24.5 Å². The molecule has 19 heavy (non-hydrogen) atoms. The third-order valence-electron chi connectivity index (χ3n) is 4.23. The molecule has 1 aromatic carbocycles. The van der Waals surface area contributed by atoms with Gasteiger partial charge in [0.15, 0.2) is 0 Å². The van der Waals surface area contributed by atoms with E-state index >= 15 is 0 Å². The molecule has 2 heterocycles. The molecule has 0 radical (unpaired) electrons. The standard InChI is InChI=1S/C15H20BrClN2/c16-14-10-12(17)9-11-3-2-8-19(15(11)14)13-4-1-6-18-7-5-13/h9-10,13,18H,1-8H2. The molecule has 104 valence electrons. The molecule has 0 aromatic heterocycles. The van der Waals surface area contributed by atoms with Crippen LogP contribution in [0.2, 0.25) is 5.02 Å². The summed E-state index contributed by atoms with van der Waals surface area (Å²) in [6.07, 6.45) is 6.21. The van der Waals surface area contributed by atoms with Gasteiger partial charge in [0.25, 0.3) is 0 Å². The van der Waals surface area contributed by atoms with E-state index in [1.807, 2.05) is 6.07 Å². The van der Waals surface area contributed by atoms with Gasteiger partial charge in [0.2, 0.25) is 0 Å². The largest absolute Gasteiger partial charge is 0.367 e. The topological polar surface area (TPSA) is 15.3 Å². The summed E-state index contributed by atoms with van der Waals surface area (Å²) in [5, 5.41) is 4.35. The Kier molecular flexibility index (Phi) is 4.35. The van der Waals surface area contributed by atoms with Gasteiger partial charge in [-0.2, -0.15) is 0 Å². The fourth-order valence-electron chi connectivity index (χ4n) is 3.36. The van der Waals surface area contributed by atoms with E-state index in [4.69, 9.17) is 11.6 Å². The van der Waals surface area contributed by atoms with Gasteiger partial charge < -0.3 is 10.2 Å². The first kappa shape index (κ1) is 13.7. The minimum absolute atomic E-state index is 0.673. The van der Waals surface area contributed by atoms with E-state index < -0.39 is 0 Å². The molecule has 1 saturated heterocycles. The van der Waals surface area contributed by atoms with Crippen LogP contribution in [-0.2, 0) is 6.42 Å². The van der Waals surface area contributed by atoms with Gasteiger partial charge in [0.1, 0.15) is 0 Å². The Balaban J connectivity index is 1.92. The molecule has 2 aliphatic heterocycles. The second-order valence-corrected chi connectivity index (χ2v) is 6.82. The Morgan fingerprint density at radius 3 is 3.00 bits per heavy atom. The summed E-state index contributed by atoms with van der Waals surface area (Å²) in [7, 11) is 0. The number of anilines is 1. The Hall–Kier alpha value is -0.250. The van der Waals surface area contributed by atoms with Gasteiger partial charge in [0, 0.05) is 22.1 Å². The zero-order valence-corrected chi connectivity index (χ0v) is 13.4. The normalized spacial score (nSPS) is 23.9. The van der Waals surface area contributed by atoms with E-state index in [0.717, 1.165) is 22.5 Å². The SMILES string of the molecule is Clc1cc(Br)c2c(c1)CCCN2C1CCCNCC1. The molecule has 2 nitrogen and oxygen atoms in total. The lowest BCUT2D eigenvalue weighted by atomic mass is 9.97. The van der Waals surface area contributed by atoms with Crippen LogP contribution in [0.4, 0.5) is 5.69 Å².